The molecule has 1 heterocycles. The first-order valence-electron chi connectivity index (χ1n) is 7.34. The molecule has 0 amide bonds. The van der Waals surface area contributed by atoms with Crippen LogP contribution < -0.4 is 5.73 Å². The lowest BCUT2D eigenvalue weighted by atomic mass is 9.88. The Hall–Kier alpha value is -0.380. The van der Waals surface area contributed by atoms with Gasteiger partial charge in [0.25, 0.3) is 0 Å². The predicted molar refractivity (Wildman–Crippen MR) is 85.1 cm³/mol. The molecule has 0 spiro atoms. The van der Waals surface area contributed by atoms with Gasteiger partial charge in [-0.3, -0.25) is 4.90 Å². The fraction of sp³-hybridized carbons (Fsp3) is 0.625. The minimum Gasteiger partial charge on any atom is -0.330 e. The second kappa shape index (κ2) is 6.87. The molecule has 2 N–H and O–H groups in total. The summed E-state index contributed by atoms with van der Waals surface area (Å²) in [5, 5.41) is 0. The zero-order valence-electron chi connectivity index (χ0n) is 12.0. The summed E-state index contributed by atoms with van der Waals surface area (Å²) in [6.45, 7) is 6.56. The molecule has 3 heteroatoms. The fourth-order valence-electron chi connectivity index (χ4n) is 3.25. The molecule has 0 bridgehead atoms. The van der Waals surface area contributed by atoms with Crippen LogP contribution in [0.4, 0.5) is 0 Å². The maximum atomic E-state index is 6.06. The molecule has 2 unspecified atom stereocenters. The Morgan fingerprint density at radius 1 is 1.37 bits per heavy atom. The largest absolute Gasteiger partial charge is 0.330 e. The van der Waals surface area contributed by atoms with Gasteiger partial charge in [-0.2, -0.15) is 0 Å². The van der Waals surface area contributed by atoms with Gasteiger partial charge in [0.1, 0.15) is 0 Å². The normalized spacial score (nSPS) is 25.5. The number of rotatable bonds is 3. The Labute approximate surface area is 125 Å². The summed E-state index contributed by atoms with van der Waals surface area (Å²) < 4.78 is 1.16. The Morgan fingerprint density at radius 2 is 2.16 bits per heavy atom. The quantitative estimate of drug-likeness (QED) is 0.911. The second-order valence-electron chi connectivity index (χ2n) is 5.82. The van der Waals surface area contributed by atoms with Gasteiger partial charge in [-0.05, 0) is 63.4 Å². The highest BCUT2D eigenvalue weighted by atomic mass is 79.9. The third kappa shape index (κ3) is 3.59. The summed E-state index contributed by atoms with van der Waals surface area (Å²) in [6.07, 6.45) is 3.84. The van der Waals surface area contributed by atoms with Crippen molar-refractivity contribution in [3.8, 4) is 0 Å². The number of hydrogen-bond acceptors (Lipinski definition) is 2. The van der Waals surface area contributed by atoms with Gasteiger partial charge >= 0.3 is 0 Å². The van der Waals surface area contributed by atoms with Crippen LogP contribution in [-0.4, -0.2) is 24.0 Å². The number of nitrogens with two attached hydrogens (primary N) is 1. The molecule has 2 atom stereocenters. The molecule has 1 aromatic rings. The first kappa shape index (κ1) is 15.0. The van der Waals surface area contributed by atoms with Crippen LogP contribution in [0.2, 0.25) is 0 Å². The molecule has 0 aliphatic carbocycles. The van der Waals surface area contributed by atoms with E-state index in [0.717, 1.165) is 11.0 Å². The van der Waals surface area contributed by atoms with Gasteiger partial charge in [-0.1, -0.05) is 34.5 Å². The molecular formula is C16H25BrN2. The van der Waals surface area contributed by atoms with Gasteiger partial charge < -0.3 is 5.73 Å². The lowest BCUT2D eigenvalue weighted by molar-refractivity contribution is 0.121. The van der Waals surface area contributed by atoms with Crippen molar-refractivity contribution in [3.63, 3.8) is 0 Å². The molecule has 2 nitrogen and oxygen atoms in total. The maximum Gasteiger partial charge on any atom is 0.0391 e. The van der Waals surface area contributed by atoms with Crippen molar-refractivity contribution in [2.24, 2.45) is 11.7 Å². The molecule has 1 aliphatic rings. The van der Waals surface area contributed by atoms with E-state index in [1.54, 1.807) is 0 Å². The SMILES string of the molecule is CC(C)N1CCCCC(CN)C1c1cccc(Br)c1. The van der Waals surface area contributed by atoms with Gasteiger partial charge in [0, 0.05) is 16.6 Å². The van der Waals surface area contributed by atoms with Crippen molar-refractivity contribution in [3.05, 3.63) is 34.3 Å². The van der Waals surface area contributed by atoms with Gasteiger partial charge in [0.05, 0.1) is 0 Å². The van der Waals surface area contributed by atoms with Crippen molar-refractivity contribution in [1.29, 1.82) is 0 Å². The molecule has 1 saturated heterocycles. The summed E-state index contributed by atoms with van der Waals surface area (Å²) in [5.74, 6) is 0.569. The number of nitrogens with zero attached hydrogens (tertiary/aromatic N) is 1. The Morgan fingerprint density at radius 3 is 2.79 bits per heavy atom. The van der Waals surface area contributed by atoms with Crippen LogP contribution >= 0.6 is 15.9 Å². The number of benzene rings is 1. The summed E-state index contributed by atoms with van der Waals surface area (Å²) in [7, 11) is 0. The molecular weight excluding hydrogens is 300 g/mol. The van der Waals surface area contributed by atoms with E-state index in [1.807, 2.05) is 0 Å². The molecule has 1 aromatic carbocycles. The van der Waals surface area contributed by atoms with Crippen LogP contribution in [0.25, 0.3) is 0 Å². The van der Waals surface area contributed by atoms with Crippen LogP contribution in [0.5, 0.6) is 0 Å². The third-order valence-electron chi connectivity index (χ3n) is 4.20. The first-order valence-corrected chi connectivity index (χ1v) is 8.14. The monoisotopic (exact) mass is 324 g/mol. The topological polar surface area (TPSA) is 29.3 Å². The summed E-state index contributed by atoms with van der Waals surface area (Å²) >= 11 is 3.60. The van der Waals surface area contributed by atoms with E-state index in [2.05, 4.69) is 58.9 Å². The van der Waals surface area contributed by atoms with Crippen LogP contribution in [0, 0.1) is 5.92 Å². The molecule has 0 radical (unpaired) electrons. The van der Waals surface area contributed by atoms with Crippen LogP contribution in [0.15, 0.2) is 28.7 Å². The Bertz CT molecular complexity index is 405. The molecule has 1 fully saturated rings. The number of likely N-dealkylation sites (tertiary alicyclic amines) is 1. The molecule has 0 saturated carbocycles. The van der Waals surface area contributed by atoms with Crippen molar-refractivity contribution in [1.82, 2.24) is 4.90 Å². The average Bonchev–Trinajstić information content (AvgIpc) is 2.60. The van der Waals surface area contributed by atoms with Crippen molar-refractivity contribution in [2.75, 3.05) is 13.1 Å². The van der Waals surface area contributed by atoms with Crippen molar-refractivity contribution < 1.29 is 0 Å². The van der Waals surface area contributed by atoms with Crippen molar-refractivity contribution in [2.45, 2.75) is 45.2 Å². The van der Waals surface area contributed by atoms with Crippen LogP contribution in [-0.2, 0) is 0 Å². The highest BCUT2D eigenvalue weighted by Gasteiger charge is 2.31. The van der Waals surface area contributed by atoms with E-state index >= 15 is 0 Å². The third-order valence-corrected chi connectivity index (χ3v) is 4.69. The lowest BCUT2D eigenvalue weighted by Gasteiger charge is -2.38. The lowest BCUT2D eigenvalue weighted by Crippen LogP contribution is -2.39. The highest BCUT2D eigenvalue weighted by molar-refractivity contribution is 9.10. The highest BCUT2D eigenvalue weighted by Crippen LogP contribution is 2.36. The van der Waals surface area contributed by atoms with Crippen molar-refractivity contribution >= 4 is 15.9 Å². The van der Waals surface area contributed by atoms with E-state index in [0.29, 0.717) is 18.0 Å². The van der Waals surface area contributed by atoms with Gasteiger partial charge in [0.2, 0.25) is 0 Å². The second-order valence-corrected chi connectivity index (χ2v) is 6.74. The van der Waals surface area contributed by atoms with E-state index in [1.165, 1.54) is 31.4 Å². The molecule has 19 heavy (non-hydrogen) atoms. The Balaban J connectivity index is 2.37. The fourth-order valence-corrected chi connectivity index (χ4v) is 3.67. The van der Waals surface area contributed by atoms with Gasteiger partial charge in [-0.25, -0.2) is 0 Å². The molecule has 106 valence electrons. The predicted octanol–water partition coefficient (Wildman–Crippen LogP) is 3.96. The molecule has 0 aromatic heterocycles. The van der Waals surface area contributed by atoms with Crippen LogP contribution in [0.3, 0.4) is 0 Å². The number of hydrogen-bond donors (Lipinski definition) is 1. The standard InChI is InChI=1S/C16H25BrN2/c1-12(2)19-9-4-3-6-14(11-18)16(19)13-7-5-8-15(17)10-13/h5,7-8,10,12,14,16H,3-4,6,9,11,18H2,1-2H3. The number of halogens is 1. The summed E-state index contributed by atoms with van der Waals surface area (Å²) in [4.78, 5) is 2.63. The van der Waals surface area contributed by atoms with E-state index in [9.17, 15) is 0 Å². The summed E-state index contributed by atoms with van der Waals surface area (Å²) in [5.41, 5.74) is 7.47. The zero-order chi connectivity index (χ0) is 13.8. The van der Waals surface area contributed by atoms with Gasteiger partial charge in [-0.15, -0.1) is 0 Å². The maximum absolute atomic E-state index is 6.06. The van der Waals surface area contributed by atoms with E-state index in [4.69, 9.17) is 5.73 Å². The smallest absolute Gasteiger partial charge is 0.0391 e. The first-order chi connectivity index (χ1) is 9.13. The minimum absolute atomic E-state index is 0.463. The zero-order valence-corrected chi connectivity index (χ0v) is 13.6. The molecule has 2 rings (SSSR count). The van der Waals surface area contributed by atoms with E-state index in [-0.39, 0.29) is 0 Å². The summed E-state index contributed by atoms with van der Waals surface area (Å²) in [6, 6.07) is 9.77. The Kier molecular flexibility index (Phi) is 5.43. The average molecular weight is 325 g/mol. The minimum atomic E-state index is 0.463. The molecule has 1 aliphatic heterocycles. The van der Waals surface area contributed by atoms with E-state index < -0.39 is 0 Å². The van der Waals surface area contributed by atoms with Crippen LogP contribution in [0.1, 0.15) is 44.7 Å². The van der Waals surface area contributed by atoms with Gasteiger partial charge in [0.15, 0.2) is 0 Å².